The van der Waals surface area contributed by atoms with E-state index in [1.54, 1.807) is 0 Å². The summed E-state index contributed by atoms with van der Waals surface area (Å²) in [4.78, 5) is 0. The van der Waals surface area contributed by atoms with Crippen molar-refractivity contribution < 1.29 is 9.47 Å². The second-order valence-electron chi connectivity index (χ2n) is 2.35. The van der Waals surface area contributed by atoms with E-state index in [1.165, 1.54) is 0 Å². The van der Waals surface area contributed by atoms with Gasteiger partial charge < -0.3 is 9.47 Å². The minimum atomic E-state index is 0.284. The van der Waals surface area contributed by atoms with Crippen molar-refractivity contribution in [1.29, 1.82) is 0 Å². The molecule has 2 heteroatoms. The van der Waals surface area contributed by atoms with Crippen LogP contribution < -0.4 is 0 Å². The van der Waals surface area contributed by atoms with E-state index in [4.69, 9.17) is 9.47 Å². The molecule has 0 N–H and O–H groups in total. The number of rotatable bonds is 7. The van der Waals surface area contributed by atoms with Gasteiger partial charge in [-0.2, -0.15) is 0 Å². The summed E-state index contributed by atoms with van der Waals surface area (Å²) < 4.78 is 10.6. The molecule has 0 aromatic carbocycles. The van der Waals surface area contributed by atoms with Gasteiger partial charge >= 0.3 is 0 Å². The molecule has 0 aliphatic rings. The zero-order valence-corrected chi connectivity index (χ0v) is 7.64. The molecule has 0 saturated carbocycles. The highest BCUT2D eigenvalue weighted by Crippen LogP contribution is 2.02. The Hall–Kier alpha value is -0.0800. The summed E-state index contributed by atoms with van der Waals surface area (Å²) in [6, 6.07) is 0. The molecule has 11 heavy (non-hydrogen) atoms. The predicted molar refractivity (Wildman–Crippen MR) is 46.5 cm³/mol. The van der Waals surface area contributed by atoms with E-state index in [-0.39, 0.29) is 6.10 Å². The lowest BCUT2D eigenvalue weighted by Gasteiger charge is -2.13. The Labute approximate surface area is 69.9 Å². The number of ether oxygens (including phenoxy) is 2. The Kier molecular flexibility index (Phi) is 7.96. The fourth-order valence-corrected chi connectivity index (χ4v) is 0.906. The first kappa shape index (κ1) is 10.9. The molecule has 0 rings (SSSR count). The molecule has 0 aliphatic heterocycles. The van der Waals surface area contributed by atoms with Crippen molar-refractivity contribution in [2.24, 2.45) is 0 Å². The van der Waals surface area contributed by atoms with E-state index in [2.05, 4.69) is 6.92 Å². The van der Waals surface area contributed by atoms with Gasteiger partial charge in [-0.15, -0.1) is 0 Å². The zero-order chi connectivity index (χ0) is 8.53. The van der Waals surface area contributed by atoms with Crippen LogP contribution in [0, 0.1) is 6.92 Å². The minimum absolute atomic E-state index is 0.284. The Morgan fingerprint density at radius 3 is 2.45 bits per heavy atom. The van der Waals surface area contributed by atoms with Crippen LogP contribution in [0.5, 0.6) is 0 Å². The van der Waals surface area contributed by atoms with Gasteiger partial charge in [-0.25, -0.2) is 0 Å². The molecule has 1 unspecified atom stereocenters. The fourth-order valence-electron chi connectivity index (χ4n) is 0.906. The molecule has 0 fully saturated rings. The van der Waals surface area contributed by atoms with Gasteiger partial charge in [-0.05, 0) is 26.7 Å². The smallest absolute Gasteiger partial charge is 0.0596 e. The van der Waals surface area contributed by atoms with Crippen molar-refractivity contribution in [2.45, 2.75) is 32.8 Å². The highest BCUT2D eigenvalue weighted by Gasteiger charge is 2.03. The average Bonchev–Trinajstić information content (AvgIpc) is 2.03. The maximum absolute atomic E-state index is 5.40. The fraction of sp³-hybridized carbons (Fsp3) is 0.889. The van der Waals surface area contributed by atoms with Crippen molar-refractivity contribution in [2.75, 3.05) is 19.8 Å². The standard InChI is InChI=1S/C9H19O2/c1-4-9(11-6-3)7-8-10-5-2/h9H,1,4-8H2,2-3H3. The summed E-state index contributed by atoms with van der Waals surface area (Å²) in [5.74, 6) is 0. The highest BCUT2D eigenvalue weighted by atomic mass is 16.5. The van der Waals surface area contributed by atoms with Gasteiger partial charge in [-0.3, -0.25) is 0 Å². The second kappa shape index (κ2) is 8.02. The third-order valence-electron chi connectivity index (χ3n) is 1.51. The van der Waals surface area contributed by atoms with Crippen LogP contribution in [0.25, 0.3) is 0 Å². The van der Waals surface area contributed by atoms with Crippen LogP contribution in [0.1, 0.15) is 26.7 Å². The van der Waals surface area contributed by atoms with E-state index in [1.807, 2.05) is 13.8 Å². The Balaban J connectivity index is 3.20. The van der Waals surface area contributed by atoms with E-state index >= 15 is 0 Å². The maximum atomic E-state index is 5.40. The van der Waals surface area contributed by atoms with Crippen molar-refractivity contribution in [3.05, 3.63) is 6.92 Å². The summed E-state index contributed by atoms with van der Waals surface area (Å²) >= 11 is 0. The van der Waals surface area contributed by atoms with Gasteiger partial charge in [0, 0.05) is 19.8 Å². The summed E-state index contributed by atoms with van der Waals surface area (Å²) in [6.45, 7) is 10.2. The van der Waals surface area contributed by atoms with Gasteiger partial charge in [-0.1, -0.05) is 6.92 Å². The van der Waals surface area contributed by atoms with Gasteiger partial charge in [0.05, 0.1) is 6.10 Å². The average molecular weight is 159 g/mol. The molecule has 0 aromatic heterocycles. The van der Waals surface area contributed by atoms with E-state index in [0.29, 0.717) is 0 Å². The van der Waals surface area contributed by atoms with Crippen LogP contribution in [0.15, 0.2) is 0 Å². The molecular weight excluding hydrogens is 140 g/mol. The van der Waals surface area contributed by atoms with Crippen LogP contribution in [-0.4, -0.2) is 25.9 Å². The van der Waals surface area contributed by atoms with Crippen LogP contribution in [-0.2, 0) is 9.47 Å². The largest absolute Gasteiger partial charge is 0.382 e. The summed E-state index contributed by atoms with van der Waals surface area (Å²) in [5, 5.41) is 0. The highest BCUT2D eigenvalue weighted by molar-refractivity contribution is 4.58. The Morgan fingerprint density at radius 2 is 2.00 bits per heavy atom. The first-order valence-electron chi connectivity index (χ1n) is 4.33. The quantitative estimate of drug-likeness (QED) is 0.529. The van der Waals surface area contributed by atoms with Crippen molar-refractivity contribution in [1.82, 2.24) is 0 Å². The van der Waals surface area contributed by atoms with Crippen LogP contribution >= 0.6 is 0 Å². The van der Waals surface area contributed by atoms with Crippen LogP contribution in [0.3, 0.4) is 0 Å². The third kappa shape index (κ3) is 6.32. The molecule has 1 radical (unpaired) electrons. The van der Waals surface area contributed by atoms with Gasteiger partial charge in [0.2, 0.25) is 0 Å². The summed E-state index contributed by atoms with van der Waals surface area (Å²) in [7, 11) is 0. The lowest BCUT2D eigenvalue weighted by Crippen LogP contribution is -2.14. The predicted octanol–water partition coefficient (Wildman–Crippen LogP) is 2.04. The molecule has 0 saturated heterocycles. The van der Waals surface area contributed by atoms with Gasteiger partial charge in [0.1, 0.15) is 0 Å². The van der Waals surface area contributed by atoms with Crippen molar-refractivity contribution in [3.8, 4) is 0 Å². The molecule has 0 amide bonds. The lowest BCUT2D eigenvalue weighted by atomic mass is 10.2. The van der Waals surface area contributed by atoms with Crippen LogP contribution in [0.4, 0.5) is 0 Å². The summed E-state index contributed by atoms with van der Waals surface area (Å²) in [6.07, 6.45) is 2.08. The van der Waals surface area contributed by atoms with Crippen molar-refractivity contribution in [3.63, 3.8) is 0 Å². The molecule has 0 heterocycles. The first-order chi connectivity index (χ1) is 5.35. The molecule has 0 aliphatic carbocycles. The van der Waals surface area contributed by atoms with Gasteiger partial charge in [0.25, 0.3) is 0 Å². The van der Waals surface area contributed by atoms with E-state index in [9.17, 15) is 0 Å². The Morgan fingerprint density at radius 1 is 1.27 bits per heavy atom. The molecular formula is C9H19O2. The number of hydrogen-bond acceptors (Lipinski definition) is 2. The maximum Gasteiger partial charge on any atom is 0.0596 e. The minimum Gasteiger partial charge on any atom is -0.382 e. The molecule has 67 valence electrons. The van der Waals surface area contributed by atoms with E-state index in [0.717, 1.165) is 32.7 Å². The molecule has 0 bridgehead atoms. The normalized spacial score (nSPS) is 13.4. The molecule has 1 atom stereocenters. The number of hydrogen-bond donors (Lipinski definition) is 0. The van der Waals surface area contributed by atoms with Crippen LogP contribution in [0.2, 0.25) is 0 Å². The monoisotopic (exact) mass is 159 g/mol. The summed E-state index contributed by atoms with van der Waals surface area (Å²) in [5.41, 5.74) is 0. The molecule has 0 aromatic rings. The van der Waals surface area contributed by atoms with E-state index < -0.39 is 0 Å². The Bertz CT molecular complexity index is 74.0. The zero-order valence-electron chi connectivity index (χ0n) is 7.64. The topological polar surface area (TPSA) is 18.5 Å². The van der Waals surface area contributed by atoms with Gasteiger partial charge in [0.15, 0.2) is 0 Å². The molecule has 2 nitrogen and oxygen atoms in total. The van der Waals surface area contributed by atoms with Crippen molar-refractivity contribution >= 4 is 0 Å². The second-order valence-corrected chi connectivity index (χ2v) is 2.35. The first-order valence-corrected chi connectivity index (χ1v) is 4.33. The SMILES string of the molecule is [CH2]CC(CCOCC)OCC. The lowest BCUT2D eigenvalue weighted by molar-refractivity contribution is 0.0314. The molecule has 0 spiro atoms. The third-order valence-corrected chi connectivity index (χ3v) is 1.51.